The highest BCUT2D eigenvalue weighted by Crippen LogP contribution is 2.39. The molecule has 126 valence electrons. The van der Waals surface area contributed by atoms with E-state index in [1.165, 1.54) is 38.8 Å². The molecule has 3 heterocycles. The molecule has 3 fully saturated rings. The van der Waals surface area contributed by atoms with Gasteiger partial charge in [0.25, 0.3) is 0 Å². The molecule has 4 heteroatoms. The average molecular weight is 308 g/mol. The third-order valence-electron chi connectivity index (χ3n) is 5.31. The third-order valence-corrected chi connectivity index (χ3v) is 5.31. The van der Waals surface area contributed by atoms with E-state index >= 15 is 0 Å². The summed E-state index contributed by atoms with van der Waals surface area (Å²) >= 11 is 0. The second kappa shape index (κ2) is 6.98. The lowest BCUT2D eigenvalue weighted by Crippen LogP contribution is -2.48. The fourth-order valence-corrected chi connectivity index (χ4v) is 4.34. The van der Waals surface area contributed by atoms with Crippen LogP contribution < -0.4 is 0 Å². The van der Waals surface area contributed by atoms with Gasteiger partial charge in [0, 0.05) is 31.4 Å². The highest BCUT2D eigenvalue weighted by molar-refractivity contribution is 5.66. The van der Waals surface area contributed by atoms with Gasteiger partial charge in [0.1, 0.15) is 0 Å². The van der Waals surface area contributed by atoms with E-state index in [1.807, 2.05) is 0 Å². The van der Waals surface area contributed by atoms with Crippen molar-refractivity contribution >= 4 is 6.21 Å². The average Bonchev–Trinajstić information content (AvgIpc) is 3.11. The minimum Gasteiger partial charge on any atom is -0.376 e. The lowest BCUT2D eigenvalue weighted by Gasteiger charge is -2.44. The van der Waals surface area contributed by atoms with Gasteiger partial charge in [0.15, 0.2) is 0 Å². The second-order valence-corrected chi connectivity index (χ2v) is 8.01. The summed E-state index contributed by atoms with van der Waals surface area (Å²) in [5.74, 6) is 0. The summed E-state index contributed by atoms with van der Waals surface area (Å²) in [7, 11) is 0. The Bertz CT molecular complexity index is 385. The molecule has 0 N–H and O–H groups in total. The van der Waals surface area contributed by atoms with Crippen LogP contribution in [0.25, 0.3) is 0 Å². The molecule has 0 radical (unpaired) electrons. The first-order chi connectivity index (χ1) is 10.6. The van der Waals surface area contributed by atoms with Crippen molar-refractivity contribution in [3.63, 3.8) is 0 Å². The summed E-state index contributed by atoms with van der Waals surface area (Å²) in [5.41, 5.74) is 0.151. The maximum Gasteiger partial charge on any atom is 0.0770 e. The molecule has 0 aromatic rings. The second-order valence-electron chi connectivity index (χ2n) is 8.01. The SMILES string of the molecule is CC1(C)CC(C=NCC2CCCO2)(CN2CCCC2)CCO1. The third kappa shape index (κ3) is 4.30. The zero-order chi connectivity index (χ0) is 15.5. The molecule has 0 amide bonds. The van der Waals surface area contributed by atoms with E-state index in [1.54, 1.807) is 0 Å². The van der Waals surface area contributed by atoms with Crippen molar-refractivity contribution in [1.29, 1.82) is 0 Å². The first-order valence-corrected chi connectivity index (χ1v) is 9.06. The van der Waals surface area contributed by atoms with E-state index < -0.39 is 0 Å². The Morgan fingerprint density at radius 3 is 2.68 bits per heavy atom. The number of aliphatic imine (C=N–C) groups is 1. The van der Waals surface area contributed by atoms with Gasteiger partial charge >= 0.3 is 0 Å². The van der Waals surface area contributed by atoms with Gasteiger partial charge in [-0.3, -0.25) is 4.99 Å². The topological polar surface area (TPSA) is 34.1 Å². The molecule has 0 spiro atoms. The molecular weight excluding hydrogens is 276 g/mol. The maximum atomic E-state index is 5.96. The molecule has 0 aromatic carbocycles. The molecule has 3 aliphatic heterocycles. The van der Waals surface area contributed by atoms with E-state index in [4.69, 9.17) is 14.5 Å². The Kier molecular flexibility index (Phi) is 5.20. The Balaban J connectivity index is 1.65. The summed E-state index contributed by atoms with van der Waals surface area (Å²) in [4.78, 5) is 7.45. The number of rotatable bonds is 5. The minimum absolute atomic E-state index is 0.0339. The van der Waals surface area contributed by atoms with Crippen molar-refractivity contribution in [3.8, 4) is 0 Å². The van der Waals surface area contributed by atoms with Crippen molar-refractivity contribution in [3.05, 3.63) is 0 Å². The van der Waals surface area contributed by atoms with Crippen LogP contribution >= 0.6 is 0 Å². The van der Waals surface area contributed by atoms with Gasteiger partial charge < -0.3 is 14.4 Å². The quantitative estimate of drug-likeness (QED) is 0.732. The number of hydrogen-bond donors (Lipinski definition) is 0. The van der Waals surface area contributed by atoms with Gasteiger partial charge in [-0.25, -0.2) is 0 Å². The molecule has 3 saturated heterocycles. The summed E-state index contributed by atoms with van der Waals surface area (Å²) < 4.78 is 11.7. The molecule has 0 saturated carbocycles. The predicted octanol–water partition coefficient (Wildman–Crippen LogP) is 2.91. The van der Waals surface area contributed by atoms with Crippen LogP contribution in [-0.4, -0.2) is 62.2 Å². The molecule has 4 nitrogen and oxygen atoms in total. The van der Waals surface area contributed by atoms with E-state index in [-0.39, 0.29) is 11.0 Å². The van der Waals surface area contributed by atoms with E-state index in [0.29, 0.717) is 6.10 Å². The zero-order valence-electron chi connectivity index (χ0n) is 14.4. The van der Waals surface area contributed by atoms with Crippen LogP contribution in [0, 0.1) is 5.41 Å². The molecule has 3 aliphatic rings. The number of ether oxygens (including phenoxy) is 2. The molecule has 22 heavy (non-hydrogen) atoms. The summed E-state index contributed by atoms with van der Waals surface area (Å²) in [6, 6.07) is 0. The first kappa shape index (κ1) is 16.4. The summed E-state index contributed by atoms with van der Waals surface area (Å²) in [5, 5.41) is 0. The predicted molar refractivity (Wildman–Crippen MR) is 89.7 cm³/mol. The maximum absolute atomic E-state index is 5.96. The Labute approximate surface area is 135 Å². The van der Waals surface area contributed by atoms with Crippen LogP contribution in [0.2, 0.25) is 0 Å². The molecule has 0 aliphatic carbocycles. The summed E-state index contributed by atoms with van der Waals surface area (Å²) in [6.07, 6.45) is 9.87. The Hall–Kier alpha value is -0.450. The van der Waals surface area contributed by atoms with Crippen LogP contribution in [0.4, 0.5) is 0 Å². The monoisotopic (exact) mass is 308 g/mol. The van der Waals surface area contributed by atoms with Crippen molar-refractivity contribution < 1.29 is 9.47 Å². The normalized spacial score (nSPS) is 36.4. The zero-order valence-corrected chi connectivity index (χ0v) is 14.4. The van der Waals surface area contributed by atoms with E-state index in [2.05, 4.69) is 25.0 Å². The fourth-order valence-electron chi connectivity index (χ4n) is 4.34. The van der Waals surface area contributed by atoms with Crippen LogP contribution in [0.3, 0.4) is 0 Å². The van der Waals surface area contributed by atoms with Crippen LogP contribution in [0.15, 0.2) is 4.99 Å². The van der Waals surface area contributed by atoms with Crippen molar-refractivity contribution in [2.75, 3.05) is 39.4 Å². The summed E-state index contributed by atoms with van der Waals surface area (Å²) in [6.45, 7) is 10.7. The fraction of sp³-hybridized carbons (Fsp3) is 0.944. The number of hydrogen-bond acceptors (Lipinski definition) is 4. The molecule has 3 rings (SSSR count). The van der Waals surface area contributed by atoms with Crippen molar-refractivity contribution in [2.24, 2.45) is 10.4 Å². The van der Waals surface area contributed by atoms with Crippen LogP contribution in [0.1, 0.15) is 52.4 Å². The minimum atomic E-state index is -0.0339. The lowest BCUT2D eigenvalue weighted by atomic mass is 9.74. The molecule has 0 bridgehead atoms. The number of likely N-dealkylation sites (tertiary alicyclic amines) is 1. The Morgan fingerprint density at radius 2 is 2.00 bits per heavy atom. The smallest absolute Gasteiger partial charge is 0.0770 e. The van der Waals surface area contributed by atoms with Crippen LogP contribution in [0.5, 0.6) is 0 Å². The highest BCUT2D eigenvalue weighted by Gasteiger charge is 2.41. The van der Waals surface area contributed by atoms with Gasteiger partial charge in [-0.05, 0) is 65.5 Å². The molecular formula is C18H32N2O2. The van der Waals surface area contributed by atoms with Gasteiger partial charge in [-0.1, -0.05) is 0 Å². The Morgan fingerprint density at radius 1 is 1.18 bits per heavy atom. The van der Waals surface area contributed by atoms with Gasteiger partial charge in [0.2, 0.25) is 0 Å². The van der Waals surface area contributed by atoms with Crippen molar-refractivity contribution in [1.82, 2.24) is 4.90 Å². The van der Waals surface area contributed by atoms with E-state index in [9.17, 15) is 0 Å². The van der Waals surface area contributed by atoms with Crippen molar-refractivity contribution in [2.45, 2.75) is 64.1 Å². The highest BCUT2D eigenvalue weighted by atomic mass is 16.5. The molecule has 2 atom stereocenters. The van der Waals surface area contributed by atoms with Gasteiger partial charge in [0.05, 0.1) is 18.2 Å². The van der Waals surface area contributed by atoms with E-state index in [0.717, 1.165) is 39.1 Å². The van der Waals surface area contributed by atoms with Gasteiger partial charge in [-0.2, -0.15) is 0 Å². The molecule has 2 unspecified atom stereocenters. The standard InChI is InChI=1S/C18H32N2O2/c1-17(2)13-18(7-11-22-17,15-20-8-3-4-9-20)14-19-12-16-6-5-10-21-16/h14,16H,3-13,15H2,1-2H3. The first-order valence-electron chi connectivity index (χ1n) is 9.06. The number of nitrogens with zero attached hydrogens (tertiary/aromatic N) is 2. The lowest BCUT2D eigenvalue weighted by molar-refractivity contribution is -0.0897. The van der Waals surface area contributed by atoms with Crippen LogP contribution in [-0.2, 0) is 9.47 Å². The largest absolute Gasteiger partial charge is 0.376 e. The molecule has 0 aromatic heterocycles. The van der Waals surface area contributed by atoms with Gasteiger partial charge in [-0.15, -0.1) is 0 Å².